The van der Waals surface area contributed by atoms with Gasteiger partial charge in [-0.2, -0.15) is 0 Å². The summed E-state index contributed by atoms with van der Waals surface area (Å²) in [6, 6.07) is 11.7. The van der Waals surface area contributed by atoms with E-state index >= 15 is 0 Å². The van der Waals surface area contributed by atoms with Gasteiger partial charge in [-0.3, -0.25) is 19.8 Å². The van der Waals surface area contributed by atoms with E-state index in [1.54, 1.807) is 49.4 Å². The van der Waals surface area contributed by atoms with Gasteiger partial charge >= 0.3 is 11.8 Å². The van der Waals surface area contributed by atoms with Crippen molar-refractivity contribution < 1.29 is 19.1 Å². The number of benzene rings is 2. The van der Waals surface area contributed by atoms with Crippen molar-refractivity contribution in [3.05, 3.63) is 63.8 Å². The maximum absolute atomic E-state index is 13.1. The Bertz CT molecular complexity index is 1220. The lowest BCUT2D eigenvalue weighted by Gasteiger charge is -2.14. The number of hydrogen-bond acceptors (Lipinski definition) is 4. The van der Waals surface area contributed by atoms with E-state index in [4.69, 9.17) is 27.9 Å². The molecule has 0 saturated carbocycles. The molecule has 3 aromatic rings. The Kier molecular flexibility index (Phi) is 8.55. The molecule has 1 aromatic heterocycles. The lowest BCUT2D eigenvalue weighted by Crippen LogP contribution is -2.40. The Hall–Kier alpha value is -3.07. The van der Waals surface area contributed by atoms with Crippen molar-refractivity contribution in [1.82, 2.24) is 9.99 Å². The summed E-state index contributed by atoms with van der Waals surface area (Å²) in [5, 5.41) is 6.94. The van der Waals surface area contributed by atoms with Crippen LogP contribution in [-0.2, 0) is 14.3 Å². The predicted octanol–water partition coefficient (Wildman–Crippen LogP) is 4.51. The van der Waals surface area contributed by atoms with Gasteiger partial charge in [-0.15, -0.1) is 0 Å². The summed E-state index contributed by atoms with van der Waals surface area (Å²) in [7, 11) is 0. The van der Waals surface area contributed by atoms with Gasteiger partial charge in [0.15, 0.2) is 0 Å². The molecule has 0 saturated heterocycles. The number of rotatable bonds is 8. The van der Waals surface area contributed by atoms with Gasteiger partial charge in [0.2, 0.25) is 0 Å². The van der Waals surface area contributed by atoms with Gasteiger partial charge in [-0.25, -0.2) is 4.68 Å². The first-order valence-corrected chi connectivity index (χ1v) is 11.5. The van der Waals surface area contributed by atoms with Crippen molar-refractivity contribution >= 4 is 57.5 Å². The molecule has 0 radical (unpaired) electrons. The second-order valence-electron chi connectivity index (χ2n) is 7.90. The number of carbonyl (C=O) groups excluding carboxylic acids is 3. The van der Waals surface area contributed by atoms with E-state index in [-0.39, 0.29) is 18.3 Å². The van der Waals surface area contributed by atoms with E-state index in [2.05, 4.69) is 16.1 Å². The number of anilines is 1. The van der Waals surface area contributed by atoms with Crippen LogP contribution < -0.4 is 16.1 Å². The van der Waals surface area contributed by atoms with E-state index in [0.29, 0.717) is 45.2 Å². The van der Waals surface area contributed by atoms with E-state index < -0.39 is 17.7 Å². The highest BCUT2D eigenvalue weighted by Gasteiger charge is 2.21. The molecule has 0 aliphatic heterocycles. The standard InChI is InChI=1S/C24H26Cl2N4O4/c1-14(2)34-11-5-10-27-23(32)24(33)29-30-20-9-8-17(25)12-16(20)13-21(30)22(31)28-19-7-4-6-18(26)15(19)3/h4,6-9,12-14H,5,10-11H2,1-3H3,(H,27,32)(H,28,31)(H,29,33). The Morgan fingerprint density at radius 1 is 1.06 bits per heavy atom. The highest BCUT2D eigenvalue weighted by molar-refractivity contribution is 6.38. The summed E-state index contributed by atoms with van der Waals surface area (Å²) in [5.41, 5.74) is 4.36. The Morgan fingerprint density at radius 2 is 1.82 bits per heavy atom. The van der Waals surface area contributed by atoms with Crippen molar-refractivity contribution in [2.45, 2.75) is 33.3 Å². The van der Waals surface area contributed by atoms with Crippen LogP contribution in [0.15, 0.2) is 42.5 Å². The molecule has 0 aliphatic carbocycles. The van der Waals surface area contributed by atoms with Gasteiger partial charge in [0.05, 0.1) is 11.6 Å². The Morgan fingerprint density at radius 3 is 2.56 bits per heavy atom. The van der Waals surface area contributed by atoms with Crippen LogP contribution in [0.3, 0.4) is 0 Å². The summed E-state index contributed by atoms with van der Waals surface area (Å²) in [6.45, 7) is 6.37. The Balaban J connectivity index is 1.80. The van der Waals surface area contributed by atoms with Crippen molar-refractivity contribution in [3.63, 3.8) is 0 Å². The fourth-order valence-corrected chi connectivity index (χ4v) is 3.58. The number of aromatic nitrogens is 1. The topological polar surface area (TPSA) is 101 Å². The van der Waals surface area contributed by atoms with Crippen LogP contribution in [-0.4, -0.2) is 41.7 Å². The highest BCUT2D eigenvalue weighted by atomic mass is 35.5. The number of halogens is 2. The Labute approximate surface area is 207 Å². The van der Waals surface area contributed by atoms with Crippen molar-refractivity contribution in [3.8, 4) is 0 Å². The van der Waals surface area contributed by atoms with Gasteiger partial charge < -0.3 is 15.4 Å². The normalized spacial score (nSPS) is 11.0. The third-order valence-corrected chi connectivity index (χ3v) is 5.63. The van der Waals surface area contributed by atoms with Crippen LogP contribution in [0, 0.1) is 6.92 Å². The summed E-state index contributed by atoms with van der Waals surface area (Å²) in [6.07, 6.45) is 0.657. The molecule has 0 fully saturated rings. The monoisotopic (exact) mass is 504 g/mol. The lowest BCUT2D eigenvalue weighted by molar-refractivity contribution is -0.136. The van der Waals surface area contributed by atoms with Gasteiger partial charge in [-0.05, 0) is 69.2 Å². The zero-order valence-corrected chi connectivity index (χ0v) is 20.6. The van der Waals surface area contributed by atoms with Crippen LogP contribution >= 0.6 is 23.2 Å². The van der Waals surface area contributed by atoms with E-state index in [0.717, 1.165) is 0 Å². The van der Waals surface area contributed by atoms with Crippen LogP contribution in [0.1, 0.15) is 36.3 Å². The van der Waals surface area contributed by atoms with Gasteiger partial charge in [0, 0.05) is 34.3 Å². The SMILES string of the molecule is Cc1c(Cl)cccc1NC(=O)c1cc2cc(Cl)ccc2n1NC(=O)C(=O)NCCCOC(C)C. The van der Waals surface area contributed by atoms with E-state index in [1.807, 2.05) is 13.8 Å². The van der Waals surface area contributed by atoms with Gasteiger partial charge in [0.25, 0.3) is 5.91 Å². The third-order valence-electron chi connectivity index (χ3n) is 4.99. The smallest absolute Gasteiger partial charge is 0.328 e. The molecule has 0 spiro atoms. The van der Waals surface area contributed by atoms with Crippen LogP contribution in [0.4, 0.5) is 5.69 Å². The average Bonchev–Trinajstić information content (AvgIpc) is 3.13. The minimum absolute atomic E-state index is 0.0924. The van der Waals surface area contributed by atoms with Crippen molar-refractivity contribution in [2.75, 3.05) is 23.9 Å². The number of nitrogens with zero attached hydrogens (tertiary/aromatic N) is 1. The van der Waals surface area contributed by atoms with Gasteiger partial charge in [0.1, 0.15) is 5.69 Å². The van der Waals surface area contributed by atoms with Crippen LogP contribution in [0.5, 0.6) is 0 Å². The number of hydrogen-bond donors (Lipinski definition) is 3. The molecular formula is C24H26Cl2N4O4. The van der Waals surface area contributed by atoms with Crippen LogP contribution in [0.25, 0.3) is 10.9 Å². The van der Waals surface area contributed by atoms with Gasteiger partial charge in [-0.1, -0.05) is 29.3 Å². The molecule has 3 amide bonds. The molecule has 2 aromatic carbocycles. The maximum atomic E-state index is 13.1. The summed E-state index contributed by atoms with van der Waals surface area (Å²) in [5.74, 6) is -2.23. The summed E-state index contributed by atoms with van der Waals surface area (Å²) >= 11 is 12.3. The fraction of sp³-hybridized carbons (Fsp3) is 0.292. The zero-order valence-electron chi connectivity index (χ0n) is 19.1. The number of nitrogens with one attached hydrogen (secondary N) is 3. The third kappa shape index (κ3) is 6.28. The van der Waals surface area contributed by atoms with E-state index in [9.17, 15) is 14.4 Å². The minimum Gasteiger partial charge on any atom is -0.379 e. The summed E-state index contributed by atoms with van der Waals surface area (Å²) in [4.78, 5) is 38.0. The molecule has 10 heteroatoms. The zero-order chi connectivity index (χ0) is 24.8. The molecule has 3 rings (SSSR count). The first-order valence-electron chi connectivity index (χ1n) is 10.8. The van der Waals surface area contributed by atoms with Crippen LogP contribution in [0.2, 0.25) is 10.0 Å². The molecule has 180 valence electrons. The highest BCUT2D eigenvalue weighted by Crippen LogP contribution is 2.26. The molecule has 3 N–H and O–H groups in total. The molecular weight excluding hydrogens is 479 g/mol. The number of carbonyl (C=O) groups is 3. The molecule has 0 atom stereocenters. The first kappa shape index (κ1) is 25.6. The lowest BCUT2D eigenvalue weighted by atomic mass is 10.2. The number of ether oxygens (including phenoxy) is 1. The molecule has 0 aliphatic rings. The second-order valence-corrected chi connectivity index (χ2v) is 8.75. The molecule has 0 unspecified atom stereocenters. The van der Waals surface area contributed by atoms with Crippen molar-refractivity contribution in [2.24, 2.45) is 0 Å². The second kappa shape index (κ2) is 11.4. The fourth-order valence-electron chi connectivity index (χ4n) is 3.23. The first-order chi connectivity index (χ1) is 16.2. The largest absolute Gasteiger partial charge is 0.379 e. The summed E-state index contributed by atoms with van der Waals surface area (Å²) < 4.78 is 6.68. The molecule has 8 nitrogen and oxygen atoms in total. The molecule has 0 bridgehead atoms. The quantitative estimate of drug-likeness (QED) is 0.310. The molecule has 1 heterocycles. The predicted molar refractivity (Wildman–Crippen MR) is 134 cm³/mol. The number of amides is 3. The maximum Gasteiger partial charge on any atom is 0.328 e. The van der Waals surface area contributed by atoms with Crippen molar-refractivity contribution in [1.29, 1.82) is 0 Å². The minimum atomic E-state index is -0.912. The molecule has 34 heavy (non-hydrogen) atoms. The average molecular weight is 505 g/mol. The van der Waals surface area contributed by atoms with E-state index in [1.165, 1.54) is 4.68 Å². The number of fused-ring (bicyclic) bond motifs is 1.